The van der Waals surface area contributed by atoms with Gasteiger partial charge in [-0.15, -0.1) is 0 Å². The van der Waals surface area contributed by atoms with Crippen LogP contribution in [0.5, 0.6) is 0 Å². The van der Waals surface area contributed by atoms with Crippen LogP contribution in [0.4, 0.5) is 0 Å². The van der Waals surface area contributed by atoms with Gasteiger partial charge in [0.15, 0.2) is 18.9 Å². The molecule has 92 valence electrons. The molecule has 0 bridgehead atoms. The fraction of sp³-hybridized carbons (Fsp3) is 0.533. The van der Waals surface area contributed by atoms with E-state index in [0.717, 1.165) is 13.0 Å². The van der Waals surface area contributed by atoms with E-state index in [1.54, 1.807) is 4.90 Å². The number of nitrogens with one attached hydrogen (secondary N) is 1. The summed E-state index contributed by atoms with van der Waals surface area (Å²) < 4.78 is 2.28. The molecule has 2 atom stereocenters. The second-order valence-corrected chi connectivity index (χ2v) is 5.00. The third kappa shape index (κ3) is 3.16. The van der Waals surface area contributed by atoms with Crippen molar-refractivity contribution in [2.45, 2.75) is 38.8 Å². The van der Waals surface area contributed by atoms with Gasteiger partial charge in [-0.1, -0.05) is 13.0 Å². The molecule has 1 aromatic heterocycles. The molecule has 17 heavy (non-hydrogen) atoms. The fourth-order valence-electron chi connectivity index (χ4n) is 2.68. The molecule has 0 spiro atoms. The van der Waals surface area contributed by atoms with Crippen LogP contribution in [0.2, 0.25) is 0 Å². The highest BCUT2D eigenvalue weighted by Gasteiger charge is 2.28. The van der Waals surface area contributed by atoms with Crippen molar-refractivity contribution in [1.82, 2.24) is 0 Å². The quantitative estimate of drug-likeness (QED) is 0.591. The highest BCUT2D eigenvalue weighted by atomic mass is 15.1. The first-order valence-corrected chi connectivity index (χ1v) is 6.77. The average Bonchev–Trinajstić information content (AvgIpc) is 2.76. The summed E-state index contributed by atoms with van der Waals surface area (Å²) in [5.41, 5.74) is 1.49. The summed E-state index contributed by atoms with van der Waals surface area (Å²) in [4.78, 5) is 1.66. The lowest BCUT2D eigenvalue weighted by molar-refractivity contribution is -0.898. The molecular formula is C15H24N2+2. The molecule has 0 amide bonds. The molecule has 0 saturated carbocycles. The van der Waals surface area contributed by atoms with Gasteiger partial charge in [0.05, 0.1) is 19.2 Å². The summed E-state index contributed by atoms with van der Waals surface area (Å²) in [6.07, 6.45) is 12.8. The van der Waals surface area contributed by atoms with Crippen LogP contribution in [0.15, 0.2) is 36.7 Å². The summed E-state index contributed by atoms with van der Waals surface area (Å²) in [6.45, 7) is 4.48. The van der Waals surface area contributed by atoms with Crippen LogP contribution in [0.3, 0.4) is 0 Å². The smallest absolute Gasteiger partial charge is 0.178 e. The Morgan fingerprint density at radius 3 is 3.06 bits per heavy atom. The van der Waals surface area contributed by atoms with E-state index in [0.29, 0.717) is 6.04 Å². The minimum absolute atomic E-state index is 0.706. The third-order valence-corrected chi connectivity index (χ3v) is 3.66. The highest BCUT2D eigenvalue weighted by Crippen LogP contribution is 2.16. The summed E-state index contributed by atoms with van der Waals surface area (Å²) in [6, 6.07) is 5.16. The lowest BCUT2D eigenvalue weighted by atomic mass is 10.1. The molecule has 1 aliphatic heterocycles. The zero-order valence-electron chi connectivity index (χ0n) is 11.0. The first-order valence-electron chi connectivity index (χ1n) is 6.77. The summed E-state index contributed by atoms with van der Waals surface area (Å²) >= 11 is 0. The molecule has 2 nitrogen and oxygen atoms in total. The zero-order chi connectivity index (χ0) is 12.1. The van der Waals surface area contributed by atoms with Gasteiger partial charge in [-0.2, -0.15) is 0 Å². The van der Waals surface area contributed by atoms with Gasteiger partial charge in [0, 0.05) is 18.9 Å². The predicted molar refractivity (Wildman–Crippen MR) is 69.8 cm³/mol. The van der Waals surface area contributed by atoms with E-state index in [9.17, 15) is 0 Å². The summed E-state index contributed by atoms with van der Waals surface area (Å²) in [7, 11) is 2.31. The number of hydrogen-bond acceptors (Lipinski definition) is 0. The van der Waals surface area contributed by atoms with Gasteiger partial charge in [-0.3, -0.25) is 0 Å². The van der Waals surface area contributed by atoms with Gasteiger partial charge in [0.2, 0.25) is 0 Å². The van der Waals surface area contributed by atoms with E-state index >= 15 is 0 Å². The fourth-order valence-corrected chi connectivity index (χ4v) is 2.68. The van der Waals surface area contributed by atoms with Gasteiger partial charge in [-0.25, -0.2) is 4.57 Å². The molecule has 0 radical (unpaired) electrons. The van der Waals surface area contributed by atoms with Crippen molar-refractivity contribution in [2.24, 2.45) is 0 Å². The van der Waals surface area contributed by atoms with Crippen LogP contribution < -0.4 is 9.47 Å². The Morgan fingerprint density at radius 1 is 1.47 bits per heavy atom. The third-order valence-electron chi connectivity index (χ3n) is 3.66. The molecule has 1 aromatic rings. The van der Waals surface area contributed by atoms with Crippen LogP contribution >= 0.6 is 0 Å². The van der Waals surface area contributed by atoms with Crippen LogP contribution in [0, 0.1) is 0 Å². The Hall–Kier alpha value is -1.15. The van der Waals surface area contributed by atoms with E-state index in [2.05, 4.69) is 55.2 Å². The number of aromatic nitrogens is 1. The molecule has 1 N–H and O–H groups in total. The maximum atomic E-state index is 2.32. The van der Waals surface area contributed by atoms with Gasteiger partial charge in [-0.05, 0) is 18.6 Å². The molecule has 2 unspecified atom stereocenters. The Morgan fingerprint density at radius 2 is 2.35 bits per heavy atom. The average molecular weight is 232 g/mol. The van der Waals surface area contributed by atoms with Crippen molar-refractivity contribution in [1.29, 1.82) is 0 Å². The van der Waals surface area contributed by atoms with E-state index in [-0.39, 0.29) is 0 Å². The van der Waals surface area contributed by atoms with Crippen LogP contribution in [-0.2, 0) is 6.54 Å². The van der Waals surface area contributed by atoms with Gasteiger partial charge in [0.1, 0.15) is 6.04 Å². The van der Waals surface area contributed by atoms with Crippen LogP contribution in [0.1, 0.15) is 37.8 Å². The molecular weight excluding hydrogens is 208 g/mol. The number of hydrogen-bond donors (Lipinski definition) is 1. The number of pyridine rings is 1. The van der Waals surface area contributed by atoms with Crippen molar-refractivity contribution < 1.29 is 9.47 Å². The van der Waals surface area contributed by atoms with Crippen molar-refractivity contribution in [3.63, 3.8) is 0 Å². The second kappa shape index (κ2) is 5.97. The molecule has 1 aliphatic rings. The van der Waals surface area contributed by atoms with Crippen LogP contribution in [-0.4, -0.2) is 13.6 Å². The monoisotopic (exact) mass is 232 g/mol. The topological polar surface area (TPSA) is 8.32 Å². The largest absolute Gasteiger partial charge is 0.331 e. The minimum atomic E-state index is 0.706. The van der Waals surface area contributed by atoms with Crippen molar-refractivity contribution in [2.75, 3.05) is 13.6 Å². The minimum Gasteiger partial charge on any atom is -0.331 e. The zero-order valence-corrected chi connectivity index (χ0v) is 11.0. The maximum absolute atomic E-state index is 2.32. The molecule has 1 saturated heterocycles. The molecule has 1 fully saturated rings. The highest BCUT2D eigenvalue weighted by molar-refractivity contribution is 5.09. The molecule has 2 rings (SSSR count). The van der Waals surface area contributed by atoms with Crippen molar-refractivity contribution >= 4 is 0 Å². The Labute approximate surface area is 105 Å². The Bertz CT molecular complexity index is 384. The number of allylic oxidation sites excluding steroid dienone is 2. The first kappa shape index (κ1) is 12.3. The van der Waals surface area contributed by atoms with E-state index < -0.39 is 0 Å². The lowest BCUT2D eigenvalue weighted by Gasteiger charge is -2.15. The predicted octanol–water partition coefficient (Wildman–Crippen LogP) is 1.29. The first-order chi connectivity index (χ1) is 8.31. The number of quaternary nitrogens is 1. The molecule has 0 aliphatic carbocycles. The number of nitrogens with zero attached hydrogens (tertiary/aromatic N) is 1. The second-order valence-electron chi connectivity index (χ2n) is 5.00. The standard InChI is InChI=1S/C15H23N2/c1-3-4-5-11-17-12-6-8-14(13-17)15-9-7-10-16(15)2/h4-6,8,12-13,15H,3,7,9-11H2,1-2H3/q+1/p+1/b5-4+. The molecule has 2 heteroatoms. The SMILES string of the molecule is CC/C=C/C[n+]1cccc(C2CCC[NH+]2C)c1. The van der Waals surface area contributed by atoms with Crippen molar-refractivity contribution in [3.05, 3.63) is 42.2 Å². The Balaban J connectivity index is 2.08. The van der Waals surface area contributed by atoms with Gasteiger partial charge < -0.3 is 4.90 Å². The van der Waals surface area contributed by atoms with Crippen LogP contribution in [0.25, 0.3) is 0 Å². The molecule has 2 heterocycles. The normalized spacial score (nSPS) is 24.6. The maximum Gasteiger partial charge on any atom is 0.178 e. The number of likely N-dealkylation sites (tertiary alicyclic amines) is 1. The van der Waals surface area contributed by atoms with E-state index in [1.807, 2.05) is 0 Å². The van der Waals surface area contributed by atoms with Crippen molar-refractivity contribution in [3.8, 4) is 0 Å². The van der Waals surface area contributed by atoms with Gasteiger partial charge in [0.25, 0.3) is 0 Å². The lowest BCUT2D eigenvalue weighted by Crippen LogP contribution is -3.07. The molecule has 0 aromatic carbocycles. The Kier molecular flexibility index (Phi) is 4.32. The van der Waals surface area contributed by atoms with Gasteiger partial charge >= 0.3 is 0 Å². The summed E-state index contributed by atoms with van der Waals surface area (Å²) in [5.74, 6) is 0. The summed E-state index contributed by atoms with van der Waals surface area (Å²) in [5, 5.41) is 0. The number of rotatable bonds is 4. The van der Waals surface area contributed by atoms with E-state index in [1.165, 1.54) is 24.9 Å². The van der Waals surface area contributed by atoms with E-state index in [4.69, 9.17) is 0 Å².